The summed E-state index contributed by atoms with van der Waals surface area (Å²) in [4.78, 5) is 2.24. The minimum absolute atomic E-state index is 0.130. The fourth-order valence-corrected chi connectivity index (χ4v) is 4.07. The van der Waals surface area contributed by atoms with E-state index in [2.05, 4.69) is 24.0 Å². The number of hydrogen-bond acceptors (Lipinski definition) is 4. The van der Waals surface area contributed by atoms with E-state index in [9.17, 15) is 8.42 Å². The van der Waals surface area contributed by atoms with Gasteiger partial charge in [-0.3, -0.25) is 0 Å². The normalized spacial score (nSPS) is 22.9. The minimum atomic E-state index is -2.85. The topological polar surface area (TPSA) is 63.4 Å². The minimum Gasteiger partial charge on any atom is -0.330 e. The first-order valence-electron chi connectivity index (χ1n) is 7.14. The molecule has 2 N–H and O–H groups in total. The van der Waals surface area contributed by atoms with Gasteiger partial charge in [0, 0.05) is 25.0 Å². The summed E-state index contributed by atoms with van der Waals surface area (Å²) in [5.41, 5.74) is 7.09. The summed E-state index contributed by atoms with van der Waals surface area (Å²) in [6.07, 6.45) is 0.720. The fraction of sp³-hybridized carbons (Fsp3) is 0.600. The van der Waals surface area contributed by atoms with Crippen LogP contribution in [0.15, 0.2) is 30.3 Å². The van der Waals surface area contributed by atoms with Gasteiger partial charge < -0.3 is 10.6 Å². The average Bonchev–Trinajstić information content (AvgIpc) is 2.61. The van der Waals surface area contributed by atoms with Crippen molar-refractivity contribution in [2.75, 3.05) is 37.7 Å². The molecule has 1 heterocycles. The lowest BCUT2D eigenvalue weighted by Gasteiger charge is -2.34. The first-order valence-corrected chi connectivity index (χ1v) is 8.96. The molecule has 1 aliphatic heterocycles. The van der Waals surface area contributed by atoms with Crippen LogP contribution in [0.2, 0.25) is 0 Å². The second-order valence-electron chi connectivity index (χ2n) is 5.91. The molecule has 0 radical (unpaired) electrons. The van der Waals surface area contributed by atoms with Crippen molar-refractivity contribution in [3.63, 3.8) is 0 Å². The Morgan fingerprint density at radius 3 is 2.55 bits per heavy atom. The van der Waals surface area contributed by atoms with Crippen LogP contribution in [0.25, 0.3) is 0 Å². The number of benzene rings is 1. The summed E-state index contributed by atoms with van der Waals surface area (Å²) in [6, 6.07) is 10.2. The second-order valence-corrected chi connectivity index (χ2v) is 8.22. The van der Waals surface area contributed by atoms with Crippen LogP contribution in [-0.4, -0.2) is 51.0 Å². The van der Waals surface area contributed by atoms with Crippen molar-refractivity contribution in [3.8, 4) is 0 Å². The standard InChI is InChI=1S/C15H24N2O2S/c1-15(12-16,14-6-3-2-4-7-14)13-17-8-5-10-20(18,19)11-9-17/h2-4,6-7H,5,8-13,16H2,1H3. The Hall–Kier alpha value is -0.910. The molecule has 112 valence electrons. The smallest absolute Gasteiger partial charge is 0.151 e. The molecular formula is C15H24N2O2S. The maximum Gasteiger partial charge on any atom is 0.151 e. The van der Waals surface area contributed by atoms with Crippen molar-refractivity contribution in [2.24, 2.45) is 5.73 Å². The van der Waals surface area contributed by atoms with Crippen LogP contribution in [0.1, 0.15) is 18.9 Å². The summed E-state index contributed by atoms with van der Waals surface area (Å²) < 4.78 is 23.3. The SMILES string of the molecule is CC(CN)(CN1CCCS(=O)(=O)CC1)c1ccccc1. The number of nitrogens with two attached hydrogens (primary N) is 1. The second kappa shape index (κ2) is 6.24. The third-order valence-electron chi connectivity index (χ3n) is 4.14. The summed E-state index contributed by atoms with van der Waals surface area (Å²) in [6.45, 7) is 4.97. The van der Waals surface area contributed by atoms with Crippen LogP contribution in [0, 0.1) is 0 Å². The summed E-state index contributed by atoms with van der Waals surface area (Å²) in [5, 5.41) is 0. The highest BCUT2D eigenvalue weighted by Gasteiger charge is 2.29. The van der Waals surface area contributed by atoms with Crippen LogP contribution < -0.4 is 5.73 Å². The first-order chi connectivity index (χ1) is 9.45. The predicted molar refractivity (Wildman–Crippen MR) is 82.6 cm³/mol. The van der Waals surface area contributed by atoms with E-state index in [0.717, 1.165) is 19.5 Å². The Morgan fingerprint density at radius 1 is 1.20 bits per heavy atom. The quantitative estimate of drug-likeness (QED) is 0.901. The molecule has 0 spiro atoms. The van der Waals surface area contributed by atoms with Crippen LogP contribution in [0.3, 0.4) is 0 Å². The Morgan fingerprint density at radius 2 is 1.90 bits per heavy atom. The van der Waals surface area contributed by atoms with Crippen molar-refractivity contribution < 1.29 is 8.42 Å². The van der Waals surface area contributed by atoms with Gasteiger partial charge in [-0.2, -0.15) is 0 Å². The van der Waals surface area contributed by atoms with E-state index >= 15 is 0 Å². The molecule has 0 saturated carbocycles. The molecule has 0 amide bonds. The van der Waals surface area contributed by atoms with Crippen molar-refractivity contribution >= 4 is 9.84 Å². The van der Waals surface area contributed by atoms with Crippen molar-refractivity contribution in [1.82, 2.24) is 4.90 Å². The van der Waals surface area contributed by atoms with Crippen molar-refractivity contribution in [1.29, 1.82) is 0 Å². The van der Waals surface area contributed by atoms with E-state index in [1.54, 1.807) is 0 Å². The van der Waals surface area contributed by atoms with E-state index in [1.807, 2.05) is 18.2 Å². The van der Waals surface area contributed by atoms with Crippen molar-refractivity contribution in [3.05, 3.63) is 35.9 Å². The van der Waals surface area contributed by atoms with Gasteiger partial charge >= 0.3 is 0 Å². The predicted octanol–water partition coefficient (Wildman–Crippen LogP) is 1.02. The molecule has 20 heavy (non-hydrogen) atoms. The van der Waals surface area contributed by atoms with E-state index in [-0.39, 0.29) is 11.2 Å². The number of rotatable bonds is 4. The molecule has 0 bridgehead atoms. The van der Waals surface area contributed by atoms with Crippen LogP contribution in [0.4, 0.5) is 0 Å². The zero-order valence-electron chi connectivity index (χ0n) is 12.1. The average molecular weight is 296 g/mol. The third kappa shape index (κ3) is 3.81. The molecule has 1 aromatic rings. The zero-order valence-corrected chi connectivity index (χ0v) is 12.9. The number of sulfone groups is 1. The van der Waals surface area contributed by atoms with Crippen LogP contribution in [-0.2, 0) is 15.3 Å². The van der Waals surface area contributed by atoms with Gasteiger partial charge in [-0.05, 0) is 18.5 Å². The molecule has 1 unspecified atom stereocenters. The number of nitrogens with zero attached hydrogens (tertiary/aromatic N) is 1. The van der Waals surface area contributed by atoms with Gasteiger partial charge in [-0.1, -0.05) is 37.3 Å². The Bertz CT molecular complexity index is 530. The molecule has 1 fully saturated rings. The summed E-state index contributed by atoms with van der Waals surface area (Å²) in [5.74, 6) is 0.580. The lowest BCUT2D eigenvalue weighted by Crippen LogP contribution is -2.44. The summed E-state index contributed by atoms with van der Waals surface area (Å²) >= 11 is 0. The van der Waals surface area contributed by atoms with E-state index in [0.29, 0.717) is 18.8 Å². The molecule has 0 aliphatic carbocycles. The zero-order chi connectivity index (χ0) is 14.6. The molecule has 0 aromatic heterocycles. The van der Waals surface area contributed by atoms with Gasteiger partial charge in [0.15, 0.2) is 9.84 Å². The van der Waals surface area contributed by atoms with Gasteiger partial charge in [0.2, 0.25) is 0 Å². The highest BCUT2D eigenvalue weighted by molar-refractivity contribution is 7.91. The maximum absolute atomic E-state index is 11.7. The lowest BCUT2D eigenvalue weighted by atomic mass is 9.82. The molecule has 2 rings (SSSR count). The van der Waals surface area contributed by atoms with Gasteiger partial charge in [-0.25, -0.2) is 8.42 Å². The molecule has 5 heteroatoms. The Kier molecular flexibility index (Phi) is 4.83. The van der Waals surface area contributed by atoms with Crippen LogP contribution >= 0.6 is 0 Å². The highest BCUT2D eigenvalue weighted by atomic mass is 32.2. The van der Waals surface area contributed by atoms with Crippen LogP contribution in [0.5, 0.6) is 0 Å². The molecule has 1 saturated heterocycles. The Balaban J connectivity index is 2.10. The van der Waals surface area contributed by atoms with Gasteiger partial charge in [0.25, 0.3) is 0 Å². The molecule has 1 atom stereocenters. The maximum atomic E-state index is 11.7. The monoisotopic (exact) mass is 296 g/mol. The van der Waals surface area contributed by atoms with Crippen molar-refractivity contribution in [2.45, 2.75) is 18.8 Å². The molecule has 1 aromatic carbocycles. The molecular weight excluding hydrogens is 272 g/mol. The van der Waals surface area contributed by atoms with E-state index in [4.69, 9.17) is 5.73 Å². The molecule has 4 nitrogen and oxygen atoms in total. The van der Waals surface area contributed by atoms with Gasteiger partial charge in [-0.15, -0.1) is 0 Å². The van der Waals surface area contributed by atoms with Gasteiger partial charge in [0.1, 0.15) is 0 Å². The van der Waals surface area contributed by atoms with E-state index < -0.39 is 9.84 Å². The lowest BCUT2D eigenvalue weighted by molar-refractivity contribution is 0.232. The first kappa shape index (κ1) is 15.5. The van der Waals surface area contributed by atoms with Gasteiger partial charge in [0.05, 0.1) is 11.5 Å². The largest absolute Gasteiger partial charge is 0.330 e. The number of hydrogen-bond donors (Lipinski definition) is 1. The third-order valence-corrected chi connectivity index (χ3v) is 5.86. The summed E-state index contributed by atoms with van der Waals surface area (Å²) in [7, 11) is -2.85. The highest BCUT2D eigenvalue weighted by Crippen LogP contribution is 2.24. The molecule has 1 aliphatic rings. The van der Waals surface area contributed by atoms with E-state index in [1.165, 1.54) is 5.56 Å². The Labute approximate surface area is 121 Å². The fourth-order valence-electron chi connectivity index (χ4n) is 2.76.